The zero-order chi connectivity index (χ0) is 13.7. The van der Waals surface area contributed by atoms with E-state index in [4.69, 9.17) is 4.74 Å². The fraction of sp³-hybridized carbons (Fsp3) is 0.933. The average molecular weight is 268 g/mol. The van der Waals surface area contributed by atoms with Gasteiger partial charge in [-0.1, -0.05) is 13.8 Å². The minimum Gasteiger partial charge on any atom is -0.378 e. The first kappa shape index (κ1) is 14.8. The molecule has 0 spiro atoms. The van der Waals surface area contributed by atoms with Crippen LogP contribution in [-0.2, 0) is 9.53 Å². The van der Waals surface area contributed by atoms with Crippen molar-refractivity contribution >= 4 is 5.91 Å². The predicted octanol–water partition coefficient (Wildman–Crippen LogP) is 1.79. The van der Waals surface area contributed by atoms with Gasteiger partial charge in [0.25, 0.3) is 0 Å². The standard InChI is InChI=1S/C15H28N2O2/c1-12(2)14-11-13(6-10-19-14)16-7-5-15(18)17-8-3-4-9-17/h12-14,16H,3-11H2,1-2H3. The first-order valence-corrected chi connectivity index (χ1v) is 7.79. The summed E-state index contributed by atoms with van der Waals surface area (Å²) in [5.41, 5.74) is 0. The van der Waals surface area contributed by atoms with Gasteiger partial charge in [0.1, 0.15) is 0 Å². The van der Waals surface area contributed by atoms with Crippen LogP contribution in [0.15, 0.2) is 0 Å². The van der Waals surface area contributed by atoms with Gasteiger partial charge in [0.05, 0.1) is 6.10 Å². The molecule has 0 aromatic carbocycles. The van der Waals surface area contributed by atoms with Gasteiger partial charge in [-0.25, -0.2) is 0 Å². The molecular weight excluding hydrogens is 240 g/mol. The molecule has 1 amide bonds. The fourth-order valence-corrected chi connectivity index (χ4v) is 2.99. The lowest BCUT2D eigenvalue weighted by molar-refractivity contribution is -0.130. The molecule has 2 aliphatic rings. The lowest BCUT2D eigenvalue weighted by Crippen LogP contribution is -2.42. The molecule has 2 rings (SSSR count). The molecule has 2 unspecified atom stereocenters. The van der Waals surface area contributed by atoms with Crippen LogP contribution < -0.4 is 5.32 Å². The minimum absolute atomic E-state index is 0.317. The van der Waals surface area contributed by atoms with E-state index in [1.165, 1.54) is 12.8 Å². The summed E-state index contributed by atoms with van der Waals surface area (Å²) in [6, 6.07) is 0.521. The largest absolute Gasteiger partial charge is 0.378 e. The Balaban J connectivity index is 1.63. The third-order valence-corrected chi connectivity index (χ3v) is 4.29. The highest BCUT2D eigenvalue weighted by atomic mass is 16.5. The van der Waals surface area contributed by atoms with Gasteiger partial charge in [0.2, 0.25) is 5.91 Å². The number of hydrogen-bond donors (Lipinski definition) is 1. The summed E-state index contributed by atoms with van der Waals surface area (Å²) in [5.74, 6) is 0.897. The molecule has 0 aromatic heterocycles. The number of carbonyl (C=O) groups excluding carboxylic acids is 1. The lowest BCUT2D eigenvalue weighted by Gasteiger charge is -2.32. The molecule has 0 aromatic rings. The van der Waals surface area contributed by atoms with Crippen molar-refractivity contribution < 1.29 is 9.53 Å². The van der Waals surface area contributed by atoms with Crippen LogP contribution in [0.1, 0.15) is 46.0 Å². The minimum atomic E-state index is 0.317. The second kappa shape index (κ2) is 7.25. The Bertz CT molecular complexity index is 288. The van der Waals surface area contributed by atoms with Crippen LogP contribution >= 0.6 is 0 Å². The number of amides is 1. The van der Waals surface area contributed by atoms with E-state index >= 15 is 0 Å². The number of likely N-dealkylation sites (tertiary alicyclic amines) is 1. The molecule has 19 heavy (non-hydrogen) atoms. The molecule has 0 aliphatic carbocycles. The summed E-state index contributed by atoms with van der Waals surface area (Å²) >= 11 is 0. The van der Waals surface area contributed by atoms with Gasteiger partial charge < -0.3 is 15.0 Å². The highest BCUT2D eigenvalue weighted by Gasteiger charge is 2.25. The van der Waals surface area contributed by atoms with Crippen LogP contribution in [0.25, 0.3) is 0 Å². The Kier molecular flexibility index (Phi) is 5.64. The summed E-state index contributed by atoms with van der Waals surface area (Å²) < 4.78 is 5.76. The van der Waals surface area contributed by atoms with Crippen molar-refractivity contribution in [3.63, 3.8) is 0 Å². The maximum Gasteiger partial charge on any atom is 0.223 e. The van der Waals surface area contributed by atoms with Gasteiger partial charge in [-0.2, -0.15) is 0 Å². The number of hydrogen-bond acceptors (Lipinski definition) is 3. The van der Waals surface area contributed by atoms with E-state index in [1.807, 2.05) is 4.90 Å². The Hall–Kier alpha value is -0.610. The molecule has 2 atom stereocenters. The highest BCUT2D eigenvalue weighted by molar-refractivity contribution is 5.76. The second-order valence-corrected chi connectivity index (χ2v) is 6.17. The molecule has 110 valence electrons. The molecule has 2 saturated heterocycles. The van der Waals surface area contributed by atoms with Crippen LogP contribution in [0.4, 0.5) is 0 Å². The summed E-state index contributed by atoms with van der Waals surface area (Å²) in [5, 5.41) is 3.53. The second-order valence-electron chi connectivity index (χ2n) is 6.17. The lowest BCUT2D eigenvalue weighted by atomic mass is 9.95. The van der Waals surface area contributed by atoms with E-state index in [0.29, 0.717) is 30.4 Å². The molecule has 1 N–H and O–H groups in total. The summed E-state index contributed by atoms with van der Waals surface area (Å²) in [4.78, 5) is 13.9. The molecule has 0 radical (unpaired) electrons. The topological polar surface area (TPSA) is 41.6 Å². The van der Waals surface area contributed by atoms with Gasteiger partial charge in [-0.05, 0) is 31.6 Å². The maximum atomic E-state index is 11.9. The Labute approximate surface area is 116 Å². The van der Waals surface area contributed by atoms with Gasteiger partial charge in [0.15, 0.2) is 0 Å². The number of ether oxygens (including phenoxy) is 1. The van der Waals surface area contributed by atoms with Crippen LogP contribution in [-0.4, -0.2) is 49.2 Å². The first-order valence-electron chi connectivity index (χ1n) is 7.79. The number of rotatable bonds is 5. The number of carbonyl (C=O) groups is 1. The van der Waals surface area contributed by atoms with Gasteiger partial charge in [-0.15, -0.1) is 0 Å². The van der Waals surface area contributed by atoms with Crippen molar-refractivity contribution in [1.29, 1.82) is 0 Å². The molecule has 4 nitrogen and oxygen atoms in total. The summed E-state index contributed by atoms with van der Waals surface area (Å²) in [6.45, 7) is 8.01. The molecule has 0 bridgehead atoms. The summed E-state index contributed by atoms with van der Waals surface area (Å²) in [6.07, 6.45) is 5.52. The first-order chi connectivity index (χ1) is 9.16. The smallest absolute Gasteiger partial charge is 0.223 e. The van der Waals surface area contributed by atoms with Crippen molar-refractivity contribution in [2.45, 2.75) is 58.1 Å². The zero-order valence-electron chi connectivity index (χ0n) is 12.4. The SMILES string of the molecule is CC(C)C1CC(NCCC(=O)N2CCCC2)CCO1. The molecule has 0 saturated carbocycles. The monoisotopic (exact) mass is 268 g/mol. The van der Waals surface area contributed by atoms with E-state index in [1.54, 1.807) is 0 Å². The third kappa shape index (κ3) is 4.46. The van der Waals surface area contributed by atoms with Gasteiger partial charge in [0, 0.05) is 38.7 Å². The Morgan fingerprint density at radius 2 is 2.11 bits per heavy atom. The fourth-order valence-electron chi connectivity index (χ4n) is 2.99. The van der Waals surface area contributed by atoms with E-state index in [-0.39, 0.29) is 0 Å². The third-order valence-electron chi connectivity index (χ3n) is 4.29. The van der Waals surface area contributed by atoms with Crippen LogP contribution in [0, 0.1) is 5.92 Å². The molecule has 2 aliphatic heterocycles. The van der Waals surface area contributed by atoms with E-state index in [0.717, 1.165) is 39.1 Å². The molecule has 4 heteroatoms. The van der Waals surface area contributed by atoms with Crippen molar-refractivity contribution in [3.8, 4) is 0 Å². The van der Waals surface area contributed by atoms with E-state index in [2.05, 4.69) is 19.2 Å². The van der Waals surface area contributed by atoms with Gasteiger partial charge >= 0.3 is 0 Å². The van der Waals surface area contributed by atoms with Crippen molar-refractivity contribution in [3.05, 3.63) is 0 Å². The molecule has 2 heterocycles. The van der Waals surface area contributed by atoms with Crippen LogP contribution in [0.5, 0.6) is 0 Å². The quantitative estimate of drug-likeness (QED) is 0.826. The maximum absolute atomic E-state index is 11.9. The van der Waals surface area contributed by atoms with E-state index < -0.39 is 0 Å². The number of nitrogens with one attached hydrogen (secondary N) is 1. The Morgan fingerprint density at radius 1 is 1.37 bits per heavy atom. The van der Waals surface area contributed by atoms with Crippen LogP contribution in [0.2, 0.25) is 0 Å². The predicted molar refractivity (Wildman–Crippen MR) is 76.0 cm³/mol. The summed E-state index contributed by atoms with van der Waals surface area (Å²) in [7, 11) is 0. The zero-order valence-corrected chi connectivity index (χ0v) is 12.4. The van der Waals surface area contributed by atoms with Crippen molar-refractivity contribution in [2.24, 2.45) is 5.92 Å². The van der Waals surface area contributed by atoms with Crippen molar-refractivity contribution in [2.75, 3.05) is 26.2 Å². The van der Waals surface area contributed by atoms with Gasteiger partial charge in [-0.3, -0.25) is 4.79 Å². The average Bonchev–Trinajstić information content (AvgIpc) is 2.93. The van der Waals surface area contributed by atoms with Crippen molar-refractivity contribution in [1.82, 2.24) is 10.2 Å². The number of nitrogens with zero attached hydrogens (tertiary/aromatic N) is 1. The molecule has 2 fully saturated rings. The highest BCUT2D eigenvalue weighted by Crippen LogP contribution is 2.20. The molecular formula is C15H28N2O2. The van der Waals surface area contributed by atoms with Crippen LogP contribution in [0.3, 0.4) is 0 Å². The Morgan fingerprint density at radius 3 is 2.79 bits per heavy atom. The normalized spacial score (nSPS) is 28.1. The van der Waals surface area contributed by atoms with E-state index in [9.17, 15) is 4.79 Å².